The quantitative estimate of drug-likeness (QED) is 0.744. The van der Waals surface area contributed by atoms with E-state index in [1.54, 1.807) is 13.0 Å². The molecule has 1 aliphatic carbocycles. The molecule has 0 spiro atoms. The second-order valence-corrected chi connectivity index (χ2v) is 5.76. The van der Waals surface area contributed by atoms with Gasteiger partial charge < -0.3 is 15.7 Å². The second-order valence-electron chi connectivity index (χ2n) is 5.76. The molecular formula is C16H21FN2O3. The molecule has 2 rings (SSSR count). The van der Waals surface area contributed by atoms with E-state index in [9.17, 15) is 19.1 Å². The van der Waals surface area contributed by atoms with E-state index >= 15 is 0 Å². The number of halogens is 1. The monoisotopic (exact) mass is 308 g/mol. The number of hydrogen-bond donors (Lipinski definition) is 3. The number of hydrogen-bond acceptors (Lipinski definition) is 3. The van der Waals surface area contributed by atoms with Crippen LogP contribution in [0.3, 0.4) is 0 Å². The molecule has 0 unspecified atom stereocenters. The first kappa shape index (κ1) is 16.4. The summed E-state index contributed by atoms with van der Waals surface area (Å²) < 4.78 is 13.6. The fourth-order valence-corrected chi connectivity index (χ4v) is 2.63. The van der Waals surface area contributed by atoms with Crippen LogP contribution < -0.4 is 10.6 Å². The van der Waals surface area contributed by atoms with Crippen LogP contribution in [0.15, 0.2) is 18.2 Å². The van der Waals surface area contributed by atoms with Gasteiger partial charge in [0, 0.05) is 12.5 Å². The molecule has 1 aliphatic rings. The van der Waals surface area contributed by atoms with E-state index in [0.29, 0.717) is 0 Å². The molecule has 2 atom stereocenters. The van der Waals surface area contributed by atoms with Gasteiger partial charge in [0.25, 0.3) is 0 Å². The maximum atomic E-state index is 13.6. The van der Waals surface area contributed by atoms with Gasteiger partial charge in [-0.15, -0.1) is 0 Å². The largest absolute Gasteiger partial charge is 0.393 e. The highest BCUT2D eigenvalue weighted by molar-refractivity contribution is 6.39. The van der Waals surface area contributed by atoms with E-state index in [2.05, 4.69) is 10.6 Å². The van der Waals surface area contributed by atoms with E-state index < -0.39 is 23.7 Å². The van der Waals surface area contributed by atoms with Gasteiger partial charge in [0.2, 0.25) is 0 Å². The number of amides is 2. The van der Waals surface area contributed by atoms with E-state index in [4.69, 9.17) is 0 Å². The fourth-order valence-electron chi connectivity index (χ4n) is 2.63. The van der Waals surface area contributed by atoms with Gasteiger partial charge in [-0.05, 0) is 37.5 Å². The third-order valence-electron chi connectivity index (χ3n) is 3.97. The number of carbonyl (C=O) groups is 2. The molecule has 1 aromatic rings. The standard InChI is InChI=1S/C16H21FN2O3/c1-10-6-7-13(12(17)8-10)19-16(22)15(21)18-9-11-4-2-3-5-14(11)20/h6-8,11,14,20H,2-5,9H2,1H3,(H,18,21)(H,19,22)/t11-,14+/m0/s1. The Bertz CT molecular complexity index is 562. The molecule has 3 N–H and O–H groups in total. The summed E-state index contributed by atoms with van der Waals surface area (Å²) in [6, 6.07) is 4.35. The second kappa shape index (κ2) is 7.35. The number of rotatable bonds is 3. The molecule has 0 aromatic heterocycles. The maximum Gasteiger partial charge on any atom is 0.313 e. The van der Waals surface area contributed by atoms with Gasteiger partial charge in [-0.2, -0.15) is 0 Å². The first-order valence-corrected chi connectivity index (χ1v) is 7.51. The maximum absolute atomic E-state index is 13.6. The highest BCUT2D eigenvalue weighted by atomic mass is 19.1. The van der Waals surface area contributed by atoms with Crippen LogP contribution in [0.25, 0.3) is 0 Å². The molecule has 22 heavy (non-hydrogen) atoms. The third-order valence-corrected chi connectivity index (χ3v) is 3.97. The minimum absolute atomic E-state index is 0.0246. The van der Waals surface area contributed by atoms with Crippen molar-refractivity contribution in [1.29, 1.82) is 0 Å². The zero-order valence-corrected chi connectivity index (χ0v) is 12.6. The van der Waals surface area contributed by atoms with E-state index in [0.717, 1.165) is 31.2 Å². The molecule has 1 saturated carbocycles. The summed E-state index contributed by atoms with van der Waals surface area (Å²) in [4.78, 5) is 23.5. The van der Waals surface area contributed by atoms with Crippen LogP contribution in [0.2, 0.25) is 0 Å². The third kappa shape index (κ3) is 4.27. The molecule has 0 radical (unpaired) electrons. The predicted molar refractivity (Wildman–Crippen MR) is 80.7 cm³/mol. The molecule has 0 aliphatic heterocycles. The fraction of sp³-hybridized carbons (Fsp3) is 0.500. The summed E-state index contributed by atoms with van der Waals surface area (Å²) in [6.45, 7) is 1.99. The zero-order chi connectivity index (χ0) is 16.1. The Morgan fingerprint density at radius 2 is 2.00 bits per heavy atom. The molecule has 0 saturated heterocycles. The summed E-state index contributed by atoms with van der Waals surface area (Å²) in [5.41, 5.74) is 0.703. The van der Waals surface area contributed by atoms with Crippen molar-refractivity contribution >= 4 is 17.5 Å². The Morgan fingerprint density at radius 3 is 2.68 bits per heavy atom. The highest BCUT2D eigenvalue weighted by Crippen LogP contribution is 2.23. The molecule has 5 nitrogen and oxygen atoms in total. The predicted octanol–water partition coefficient (Wildman–Crippen LogP) is 1.74. The van der Waals surface area contributed by atoms with Crippen LogP contribution in [0.5, 0.6) is 0 Å². The van der Waals surface area contributed by atoms with Gasteiger partial charge in [0.1, 0.15) is 5.82 Å². The van der Waals surface area contributed by atoms with Crippen molar-refractivity contribution in [1.82, 2.24) is 5.32 Å². The van der Waals surface area contributed by atoms with Gasteiger partial charge in [-0.3, -0.25) is 9.59 Å². The van der Waals surface area contributed by atoms with Gasteiger partial charge in [-0.1, -0.05) is 18.9 Å². The summed E-state index contributed by atoms with van der Waals surface area (Å²) in [5, 5.41) is 14.6. The molecule has 6 heteroatoms. The Morgan fingerprint density at radius 1 is 1.27 bits per heavy atom. The Balaban J connectivity index is 1.85. The van der Waals surface area contributed by atoms with Crippen LogP contribution in [0, 0.1) is 18.7 Å². The number of nitrogens with one attached hydrogen (secondary N) is 2. The van der Waals surface area contributed by atoms with Crippen LogP contribution in [-0.4, -0.2) is 29.6 Å². The van der Waals surface area contributed by atoms with Crippen molar-refractivity contribution in [2.45, 2.75) is 38.7 Å². The van der Waals surface area contributed by atoms with Crippen LogP contribution >= 0.6 is 0 Å². The van der Waals surface area contributed by atoms with Crippen LogP contribution in [0.1, 0.15) is 31.2 Å². The molecule has 1 fully saturated rings. The van der Waals surface area contributed by atoms with E-state index in [1.807, 2.05) is 0 Å². The van der Waals surface area contributed by atoms with E-state index in [1.165, 1.54) is 12.1 Å². The molecule has 0 bridgehead atoms. The van der Waals surface area contributed by atoms with Crippen LogP contribution in [-0.2, 0) is 9.59 Å². The number of aryl methyl sites for hydroxylation is 1. The summed E-state index contributed by atoms with van der Waals surface area (Å²) in [6.07, 6.45) is 3.11. The lowest BCUT2D eigenvalue weighted by atomic mass is 9.86. The number of aliphatic hydroxyl groups is 1. The smallest absolute Gasteiger partial charge is 0.313 e. The van der Waals surface area contributed by atoms with Crippen molar-refractivity contribution in [2.24, 2.45) is 5.92 Å². The number of aliphatic hydroxyl groups excluding tert-OH is 1. The Hall–Kier alpha value is -1.95. The first-order chi connectivity index (χ1) is 10.5. The lowest BCUT2D eigenvalue weighted by molar-refractivity contribution is -0.136. The minimum Gasteiger partial charge on any atom is -0.393 e. The number of carbonyl (C=O) groups excluding carboxylic acids is 2. The number of benzene rings is 1. The summed E-state index contributed by atoms with van der Waals surface area (Å²) in [5.74, 6) is -2.34. The lowest BCUT2D eigenvalue weighted by Crippen LogP contribution is -2.41. The Labute approximate surface area is 128 Å². The van der Waals surface area contributed by atoms with Crippen molar-refractivity contribution < 1.29 is 19.1 Å². The van der Waals surface area contributed by atoms with Crippen LogP contribution in [0.4, 0.5) is 10.1 Å². The highest BCUT2D eigenvalue weighted by Gasteiger charge is 2.24. The van der Waals surface area contributed by atoms with E-state index in [-0.39, 0.29) is 18.2 Å². The van der Waals surface area contributed by atoms with Gasteiger partial charge in [-0.25, -0.2) is 4.39 Å². The van der Waals surface area contributed by atoms with Crippen molar-refractivity contribution in [2.75, 3.05) is 11.9 Å². The molecule has 120 valence electrons. The van der Waals surface area contributed by atoms with Gasteiger partial charge >= 0.3 is 11.8 Å². The molecule has 0 heterocycles. The topological polar surface area (TPSA) is 78.4 Å². The molecule has 2 amide bonds. The SMILES string of the molecule is Cc1ccc(NC(=O)C(=O)NC[C@@H]2CCCC[C@H]2O)c(F)c1. The average Bonchev–Trinajstić information content (AvgIpc) is 2.49. The van der Waals surface area contributed by atoms with Gasteiger partial charge in [0.15, 0.2) is 0 Å². The Kier molecular flexibility index (Phi) is 5.49. The minimum atomic E-state index is -0.909. The number of anilines is 1. The zero-order valence-electron chi connectivity index (χ0n) is 12.6. The summed E-state index contributed by atoms with van der Waals surface area (Å²) in [7, 11) is 0. The van der Waals surface area contributed by atoms with Crippen molar-refractivity contribution in [3.05, 3.63) is 29.6 Å². The summed E-state index contributed by atoms with van der Waals surface area (Å²) >= 11 is 0. The first-order valence-electron chi connectivity index (χ1n) is 7.51. The van der Waals surface area contributed by atoms with Crippen molar-refractivity contribution in [3.63, 3.8) is 0 Å². The normalized spacial score (nSPS) is 21.2. The van der Waals surface area contributed by atoms with Gasteiger partial charge in [0.05, 0.1) is 11.8 Å². The molecular weight excluding hydrogens is 287 g/mol. The average molecular weight is 308 g/mol. The van der Waals surface area contributed by atoms with Crippen molar-refractivity contribution in [3.8, 4) is 0 Å². The molecule has 1 aromatic carbocycles. The lowest BCUT2D eigenvalue weighted by Gasteiger charge is -2.27.